The Morgan fingerprint density at radius 1 is 1.67 bits per heavy atom. The minimum Gasteiger partial charge on any atom is -0.460 e. The summed E-state index contributed by atoms with van der Waals surface area (Å²) in [4.78, 5) is 10.8. The summed E-state index contributed by atoms with van der Waals surface area (Å²) >= 11 is 0. The van der Waals surface area contributed by atoms with Gasteiger partial charge in [-0.1, -0.05) is 6.58 Å². The number of esters is 1. The van der Waals surface area contributed by atoms with Gasteiger partial charge in [-0.3, -0.25) is 4.79 Å². The van der Waals surface area contributed by atoms with Crippen molar-refractivity contribution in [2.75, 3.05) is 6.61 Å². The molecule has 1 rings (SSSR count). The standard InChI is InChI=1S/C7H10O2/c1-5-4-9-6(8)7(5,2)3/h1,4H2,2-3H3. The summed E-state index contributed by atoms with van der Waals surface area (Å²) in [6.07, 6.45) is 0. The van der Waals surface area contributed by atoms with Crippen molar-refractivity contribution in [1.29, 1.82) is 0 Å². The number of carbonyl (C=O) groups is 1. The minimum absolute atomic E-state index is 0.160. The molecule has 0 aromatic rings. The Balaban J connectivity index is 2.91. The molecule has 0 saturated carbocycles. The van der Waals surface area contributed by atoms with E-state index in [0.29, 0.717) is 6.61 Å². The largest absolute Gasteiger partial charge is 0.460 e. The second kappa shape index (κ2) is 1.59. The van der Waals surface area contributed by atoms with Gasteiger partial charge in [0.25, 0.3) is 0 Å². The third-order valence-corrected chi connectivity index (χ3v) is 1.77. The molecule has 0 unspecified atom stereocenters. The molecule has 0 aromatic carbocycles. The second-order valence-corrected chi connectivity index (χ2v) is 2.80. The maximum atomic E-state index is 10.8. The summed E-state index contributed by atoms with van der Waals surface area (Å²) in [6.45, 7) is 7.75. The Morgan fingerprint density at radius 2 is 2.22 bits per heavy atom. The molecule has 9 heavy (non-hydrogen) atoms. The van der Waals surface area contributed by atoms with E-state index >= 15 is 0 Å². The minimum atomic E-state index is -0.444. The maximum Gasteiger partial charge on any atom is 0.316 e. The van der Waals surface area contributed by atoms with Crippen molar-refractivity contribution in [1.82, 2.24) is 0 Å². The van der Waals surface area contributed by atoms with Gasteiger partial charge >= 0.3 is 5.97 Å². The predicted octanol–water partition coefficient (Wildman–Crippen LogP) is 1.13. The molecule has 1 aliphatic heterocycles. The van der Waals surface area contributed by atoms with Gasteiger partial charge in [0, 0.05) is 0 Å². The maximum absolute atomic E-state index is 10.8. The lowest BCUT2D eigenvalue weighted by Crippen LogP contribution is -2.18. The van der Waals surface area contributed by atoms with Gasteiger partial charge in [-0.05, 0) is 19.4 Å². The van der Waals surface area contributed by atoms with Crippen molar-refractivity contribution in [2.45, 2.75) is 13.8 Å². The Labute approximate surface area is 54.5 Å². The summed E-state index contributed by atoms with van der Waals surface area (Å²) in [7, 11) is 0. The first-order chi connectivity index (χ1) is 4.05. The van der Waals surface area contributed by atoms with Gasteiger partial charge in [-0.15, -0.1) is 0 Å². The second-order valence-electron chi connectivity index (χ2n) is 2.80. The molecule has 2 nitrogen and oxygen atoms in total. The van der Waals surface area contributed by atoms with E-state index in [1.807, 2.05) is 13.8 Å². The van der Waals surface area contributed by atoms with Gasteiger partial charge in [0.15, 0.2) is 0 Å². The molecule has 0 N–H and O–H groups in total. The fourth-order valence-corrected chi connectivity index (χ4v) is 0.658. The Hall–Kier alpha value is -0.790. The van der Waals surface area contributed by atoms with Gasteiger partial charge in [0.2, 0.25) is 0 Å². The Bertz CT molecular complexity index is 150. The number of carbonyl (C=O) groups excluding carboxylic acids is 1. The SMILES string of the molecule is C=C1COC(=O)C1(C)C. The van der Waals surface area contributed by atoms with Crippen molar-refractivity contribution in [3.63, 3.8) is 0 Å². The predicted molar refractivity (Wildman–Crippen MR) is 33.9 cm³/mol. The molecule has 0 atom stereocenters. The van der Waals surface area contributed by atoms with Crippen LogP contribution in [0.2, 0.25) is 0 Å². The molecular weight excluding hydrogens is 116 g/mol. The molecule has 1 aliphatic rings. The van der Waals surface area contributed by atoms with Crippen LogP contribution in [0.5, 0.6) is 0 Å². The molecule has 0 bridgehead atoms. The molecule has 0 aromatic heterocycles. The Kier molecular flexibility index (Phi) is 1.12. The first-order valence-electron chi connectivity index (χ1n) is 2.90. The van der Waals surface area contributed by atoms with Crippen LogP contribution in [0, 0.1) is 5.41 Å². The lowest BCUT2D eigenvalue weighted by Gasteiger charge is -2.10. The van der Waals surface area contributed by atoms with Gasteiger partial charge < -0.3 is 4.74 Å². The summed E-state index contributed by atoms with van der Waals surface area (Å²) in [6, 6.07) is 0. The van der Waals surface area contributed by atoms with E-state index < -0.39 is 5.41 Å². The van der Waals surface area contributed by atoms with Crippen LogP contribution in [0.1, 0.15) is 13.8 Å². The molecule has 1 saturated heterocycles. The van der Waals surface area contributed by atoms with Crippen LogP contribution < -0.4 is 0 Å². The third kappa shape index (κ3) is 0.745. The average Bonchev–Trinajstić information content (AvgIpc) is 1.96. The molecule has 2 heteroatoms. The molecule has 0 spiro atoms. The number of ether oxygens (including phenoxy) is 1. The van der Waals surface area contributed by atoms with E-state index in [2.05, 4.69) is 6.58 Å². The lowest BCUT2D eigenvalue weighted by molar-refractivity contribution is -0.144. The van der Waals surface area contributed by atoms with Crippen LogP contribution in [-0.2, 0) is 9.53 Å². The van der Waals surface area contributed by atoms with Crippen molar-refractivity contribution in [3.05, 3.63) is 12.2 Å². The zero-order valence-electron chi connectivity index (χ0n) is 5.73. The molecular formula is C7H10O2. The zero-order valence-corrected chi connectivity index (χ0v) is 5.73. The van der Waals surface area contributed by atoms with Gasteiger partial charge in [-0.25, -0.2) is 0 Å². The molecule has 50 valence electrons. The van der Waals surface area contributed by atoms with Gasteiger partial charge in [0.1, 0.15) is 6.61 Å². The fourth-order valence-electron chi connectivity index (χ4n) is 0.658. The van der Waals surface area contributed by atoms with E-state index in [0.717, 1.165) is 5.57 Å². The van der Waals surface area contributed by atoms with Crippen LogP contribution in [0.4, 0.5) is 0 Å². The molecule has 0 aliphatic carbocycles. The first-order valence-corrected chi connectivity index (χ1v) is 2.90. The van der Waals surface area contributed by atoms with Gasteiger partial charge in [-0.2, -0.15) is 0 Å². The van der Waals surface area contributed by atoms with E-state index in [-0.39, 0.29) is 5.97 Å². The third-order valence-electron chi connectivity index (χ3n) is 1.77. The number of cyclic esters (lactones) is 1. The van der Waals surface area contributed by atoms with Crippen LogP contribution >= 0.6 is 0 Å². The summed E-state index contributed by atoms with van der Waals surface area (Å²) in [5.41, 5.74) is 0.424. The lowest BCUT2D eigenvalue weighted by atomic mass is 9.88. The molecule has 0 radical (unpaired) electrons. The highest BCUT2D eigenvalue weighted by atomic mass is 16.5. The van der Waals surface area contributed by atoms with Crippen molar-refractivity contribution >= 4 is 5.97 Å². The van der Waals surface area contributed by atoms with Crippen molar-refractivity contribution < 1.29 is 9.53 Å². The highest BCUT2D eigenvalue weighted by Gasteiger charge is 2.38. The van der Waals surface area contributed by atoms with Crippen LogP contribution in [0.3, 0.4) is 0 Å². The first kappa shape index (κ1) is 6.33. The van der Waals surface area contributed by atoms with Crippen LogP contribution in [0.15, 0.2) is 12.2 Å². The number of rotatable bonds is 0. The van der Waals surface area contributed by atoms with Crippen LogP contribution in [-0.4, -0.2) is 12.6 Å². The summed E-state index contributed by atoms with van der Waals surface area (Å²) < 4.78 is 4.74. The van der Waals surface area contributed by atoms with Gasteiger partial charge in [0.05, 0.1) is 5.41 Å². The number of hydrogen-bond donors (Lipinski definition) is 0. The van der Waals surface area contributed by atoms with Crippen molar-refractivity contribution in [3.8, 4) is 0 Å². The fraction of sp³-hybridized carbons (Fsp3) is 0.571. The molecule has 1 heterocycles. The average molecular weight is 126 g/mol. The smallest absolute Gasteiger partial charge is 0.316 e. The van der Waals surface area contributed by atoms with E-state index in [9.17, 15) is 4.79 Å². The Morgan fingerprint density at radius 3 is 2.33 bits per heavy atom. The topological polar surface area (TPSA) is 26.3 Å². The molecule has 1 fully saturated rings. The summed E-state index contributed by atoms with van der Waals surface area (Å²) in [5, 5.41) is 0. The zero-order chi connectivity index (χ0) is 7.07. The highest BCUT2D eigenvalue weighted by molar-refractivity contribution is 5.82. The number of hydrogen-bond acceptors (Lipinski definition) is 2. The molecule has 0 amide bonds. The summed E-state index contributed by atoms with van der Waals surface area (Å²) in [5.74, 6) is -0.160. The quantitative estimate of drug-likeness (QED) is 0.359. The monoisotopic (exact) mass is 126 g/mol. The normalized spacial score (nSPS) is 24.2. The van der Waals surface area contributed by atoms with E-state index in [1.54, 1.807) is 0 Å². The van der Waals surface area contributed by atoms with Crippen LogP contribution in [0.25, 0.3) is 0 Å². The van der Waals surface area contributed by atoms with E-state index in [4.69, 9.17) is 4.74 Å². The van der Waals surface area contributed by atoms with E-state index in [1.165, 1.54) is 0 Å². The van der Waals surface area contributed by atoms with Crippen molar-refractivity contribution in [2.24, 2.45) is 5.41 Å². The highest BCUT2D eigenvalue weighted by Crippen LogP contribution is 2.32.